The number of aromatic nitrogens is 4. The van der Waals surface area contributed by atoms with Crippen LogP contribution in [0.5, 0.6) is 0 Å². The van der Waals surface area contributed by atoms with Crippen molar-refractivity contribution < 1.29 is 4.52 Å². The highest BCUT2D eigenvalue weighted by atomic mass is 127. The van der Waals surface area contributed by atoms with Crippen molar-refractivity contribution >= 4 is 41.3 Å². The lowest BCUT2D eigenvalue weighted by molar-refractivity contribution is 0.421. The van der Waals surface area contributed by atoms with Crippen LogP contribution in [0, 0.1) is 6.92 Å². The SMILES string of the molecule is CN=C(NCCc1noc(-c2ccccn2)n1)NCc1ncc(C)s1.I. The summed E-state index contributed by atoms with van der Waals surface area (Å²) in [7, 11) is 1.73. The van der Waals surface area contributed by atoms with Crippen LogP contribution in [0.2, 0.25) is 0 Å². The first-order valence-electron chi connectivity index (χ1n) is 7.84. The number of aliphatic imine (C=N–C) groups is 1. The van der Waals surface area contributed by atoms with Crippen molar-refractivity contribution in [1.29, 1.82) is 0 Å². The lowest BCUT2D eigenvalue weighted by atomic mass is 10.3. The second-order valence-electron chi connectivity index (χ2n) is 5.20. The first kappa shape index (κ1) is 20.2. The highest BCUT2D eigenvalue weighted by Gasteiger charge is 2.09. The van der Waals surface area contributed by atoms with Gasteiger partial charge in [0.1, 0.15) is 10.7 Å². The van der Waals surface area contributed by atoms with E-state index in [2.05, 4.69) is 35.7 Å². The fourth-order valence-electron chi connectivity index (χ4n) is 2.10. The number of guanidine groups is 1. The molecule has 26 heavy (non-hydrogen) atoms. The van der Waals surface area contributed by atoms with Gasteiger partial charge in [0.15, 0.2) is 11.8 Å². The first-order valence-corrected chi connectivity index (χ1v) is 8.66. The molecule has 0 radical (unpaired) electrons. The van der Waals surface area contributed by atoms with Crippen LogP contribution in [0.1, 0.15) is 15.7 Å². The molecular weight excluding hydrogens is 465 g/mol. The third-order valence-electron chi connectivity index (χ3n) is 3.29. The lowest BCUT2D eigenvalue weighted by Gasteiger charge is -2.09. The molecule has 3 heterocycles. The number of nitrogens with one attached hydrogen (secondary N) is 2. The molecule has 3 aromatic heterocycles. The Hall–Kier alpha value is -2.08. The van der Waals surface area contributed by atoms with Crippen molar-refractivity contribution in [3.8, 4) is 11.6 Å². The Balaban J connectivity index is 0.00000243. The molecule has 0 unspecified atom stereocenters. The predicted octanol–water partition coefficient (Wildman–Crippen LogP) is 2.42. The van der Waals surface area contributed by atoms with Gasteiger partial charge >= 0.3 is 0 Å². The van der Waals surface area contributed by atoms with Crippen molar-refractivity contribution in [3.63, 3.8) is 0 Å². The van der Waals surface area contributed by atoms with Crippen molar-refractivity contribution in [2.24, 2.45) is 4.99 Å². The van der Waals surface area contributed by atoms with Crippen LogP contribution in [0.15, 0.2) is 40.1 Å². The minimum atomic E-state index is 0. The quantitative estimate of drug-likeness (QED) is 0.314. The number of pyridine rings is 1. The van der Waals surface area contributed by atoms with Gasteiger partial charge in [0.05, 0.1) is 6.54 Å². The number of nitrogens with zero attached hydrogens (tertiary/aromatic N) is 5. The summed E-state index contributed by atoms with van der Waals surface area (Å²) >= 11 is 1.67. The molecular formula is C16H20IN7OS. The zero-order valence-corrected chi connectivity index (χ0v) is 17.6. The van der Waals surface area contributed by atoms with Gasteiger partial charge in [0.2, 0.25) is 0 Å². The number of halogens is 1. The van der Waals surface area contributed by atoms with Gasteiger partial charge in [-0.1, -0.05) is 11.2 Å². The van der Waals surface area contributed by atoms with Crippen LogP contribution in [0.4, 0.5) is 0 Å². The fraction of sp³-hybridized carbons (Fsp3) is 0.312. The van der Waals surface area contributed by atoms with Crippen LogP contribution < -0.4 is 10.6 Å². The Morgan fingerprint density at radius 3 is 2.85 bits per heavy atom. The molecule has 0 amide bonds. The van der Waals surface area contributed by atoms with Crippen LogP contribution in [-0.4, -0.2) is 39.7 Å². The molecule has 0 bridgehead atoms. The summed E-state index contributed by atoms with van der Waals surface area (Å²) in [6.45, 7) is 3.32. The highest BCUT2D eigenvalue weighted by Crippen LogP contribution is 2.13. The maximum absolute atomic E-state index is 5.24. The molecule has 2 N–H and O–H groups in total. The standard InChI is InChI=1S/C16H19N7OS.HI/c1-11-9-20-14(25-11)10-21-16(17-2)19-8-6-13-22-15(24-23-13)12-5-3-4-7-18-12;/h3-5,7,9H,6,8,10H2,1-2H3,(H2,17,19,21);1H. The van der Waals surface area contributed by atoms with Gasteiger partial charge < -0.3 is 15.2 Å². The summed E-state index contributed by atoms with van der Waals surface area (Å²) in [4.78, 5) is 18.2. The van der Waals surface area contributed by atoms with Gasteiger partial charge in [-0.25, -0.2) is 4.98 Å². The number of thiazole rings is 1. The molecule has 0 aliphatic rings. The van der Waals surface area contributed by atoms with Crippen LogP contribution in [0.3, 0.4) is 0 Å². The molecule has 0 aliphatic heterocycles. The van der Waals surface area contributed by atoms with Gasteiger partial charge in [-0.05, 0) is 19.1 Å². The van der Waals surface area contributed by atoms with Crippen molar-refractivity contribution in [2.75, 3.05) is 13.6 Å². The van der Waals surface area contributed by atoms with E-state index >= 15 is 0 Å². The monoisotopic (exact) mass is 485 g/mol. The first-order chi connectivity index (χ1) is 12.2. The molecule has 0 atom stereocenters. The Bertz CT molecular complexity index is 834. The third-order valence-corrected chi connectivity index (χ3v) is 4.21. The average Bonchev–Trinajstić information content (AvgIpc) is 3.28. The van der Waals surface area contributed by atoms with E-state index in [1.807, 2.05) is 31.3 Å². The number of hydrogen-bond acceptors (Lipinski definition) is 7. The van der Waals surface area contributed by atoms with Crippen LogP contribution in [0.25, 0.3) is 11.6 Å². The van der Waals surface area contributed by atoms with Gasteiger partial charge in [-0.15, -0.1) is 35.3 Å². The van der Waals surface area contributed by atoms with E-state index in [0.717, 1.165) is 5.01 Å². The maximum Gasteiger partial charge on any atom is 0.276 e. The minimum Gasteiger partial charge on any atom is -0.356 e. The van der Waals surface area contributed by atoms with Gasteiger partial charge in [-0.3, -0.25) is 9.98 Å². The largest absolute Gasteiger partial charge is 0.356 e. The van der Waals surface area contributed by atoms with Crippen molar-refractivity contribution in [1.82, 2.24) is 30.7 Å². The predicted molar refractivity (Wildman–Crippen MR) is 112 cm³/mol. The van der Waals surface area contributed by atoms with E-state index in [4.69, 9.17) is 4.52 Å². The molecule has 8 nitrogen and oxygen atoms in total. The zero-order chi connectivity index (χ0) is 17.5. The van der Waals surface area contributed by atoms with Gasteiger partial charge in [0, 0.05) is 37.3 Å². The topological polar surface area (TPSA) is 101 Å². The van der Waals surface area contributed by atoms with Gasteiger partial charge in [-0.2, -0.15) is 4.98 Å². The Morgan fingerprint density at radius 1 is 1.27 bits per heavy atom. The highest BCUT2D eigenvalue weighted by molar-refractivity contribution is 14.0. The third kappa shape index (κ3) is 5.73. The van der Waals surface area contributed by atoms with E-state index in [9.17, 15) is 0 Å². The lowest BCUT2D eigenvalue weighted by Crippen LogP contribution is -2.37. The van der Waals surface area contributed by atoms with E-state index < -0.39 is 0 Å². The fourth-order valence-corrected chi connectivity index (χ4v) is 2.83. The van der Waals surface area contributed by atoms with Crippen molar-refractivity contribution in [3.05, 3.63) is 46.3 Å². The molecule has 10 heteroatoms. The van der Waals surface area contributed by atoms with Crippen molar-refractivity contribution in [2.45, 2.75) is 19.9 Å². The molecule has 138 valence electrons. The second kappa shape index (κ2) is 10.2. The van der Waals surface area contributed by atoms with E-state index in [0.29, 0.717) is 42.9 Å². The minimum absolute atomic E-state index is 0. The molecule has 0 saturated heterocycles. The number of hydrogen-bond donors (Lipinski definition) is 2. The summed E-state index contributed by atoms with van der Waals surface area (Å²) in [6.07, 6.45) is 4.18. The van der Waals surface area contributed by atoms with Crippen LogP contribution >= 0.6 is 35.3 Å². The Kier molecular flexibility index (Phi) is 7.91. The smallest absolute Gasteiger partial charge is 0.276 e. The normalized spacial score (nSPS) is 11.1. The summed E-state index contributed by atoms with van der Waals surface area (Å²) in [6, 6.07) is 5.56. The van der Waals surface area contributed by atoms with Gasteiger partial charge in [0.25, 0.3) is 5.89 Å². The van der Waals surface area contributed by atoms with E-state index in [-0.39, 0.29) is 24.0 Å². The maximum atomic E-state index is 5.24. The molecule has 0 saturated carbocycles. The molecule has 3 rings (SSSR count). The molecule has 3 aromatic rings. The van der Waals surface area contributed by atoms with E-state index in [1.165, 1.54) is 4.88 Å². The molecule has 0 fully saturated rings. The zero-order valence-electron chi connectivity index (χ0n) is 14.5. The average molecular weight is 485 g/mol. The molecule has 0 aliphatic carbocycles. The van der Waals surface area contributed by atoms with E-state index in [1.54, 1.807) is 24.6 Å². The Morgan fingerprint density at radius 2 is 2.15 bits per heavy atom. The Labute approximate surface area is 172 Å². The molecule has 0 aromatic carbocycles. The summed E-state index contributed by atoms with van der Waals surface area (Å²) in [5.41, 5.74) is 0.672. The number of rotatable bonds is 6. The number of aryl methyl sites for hydroxylation is 1. The summed E-state index contributed by atoms with van der Waals surface area (Å²) < 4.78 is 5.24. The summed E-state index contributed by atoms with van der Waals surface area (Å²) in [5, 5.41) is 11.5. The second-order valence-corrected chi connectivity index (χ2v) is 6.52. The summed E-state index contributed by atoms with van der Waals surface area (Å²) in [5.74, 6) is 1.76. The van der Waals surface area contributed by atoms with Crippen LogP contribution in [-0.2, 0) is 13.0 Å². The molecule has 0 spiro atoms.